The van der Waals surface area contributed by atoms with Crippen LogP contribution in [0, 0.1) is 13.8 Å². The van der Waals surface area contributed by atoms with Gasteiger partial charge in [-0.15, -0.1) is 0 Å². The SMILES string of the molecule is CCCNC(C)c1cnc(-c2cc(C)ccn2)nc1C. The Kier molecular flexibility index (Phi) is 4.79. The molecule has 2 heterocycles. The average molecular weight is 270 g/mol. The minimum absolute atomic E-state index is 0.273. The Morgan fingerprint density at radius 2 is 2.05 bits per heavy atom. The van der Waals surface area contributed by atoms with Crippen molar-refractivity contribution in [3.05, 3.63) is 41.3 Å². The van der Waals surface area contributed by atoms with Gasteiger partial charge in [0.25, 0.3) is 0 Å². The number of hydrogen-bond donors (Lipinski definition) is 1. The summed E-state index contributed by atoms with van der Waals surface area (Å²) in [5, 5.41) is 3.46. The van der Waals surface area contributed by atoms with Crippen LogP contribution in [0.2, 0.25) is 0 Å². The van der Waals surface area contributed by atoms with E-state index in [1.54, 1.807) is 6.20 Å². The Hall–Kier alpha value is -1.81. The van der Waals surface area contributed by atoms with E-state index in [-0.39, 0.29) is 6.04 Å². The molecule has 0 aliphatic rings. The predicted molar refractivity (Wildman–Crippen MR) is 81.4 cm³/mol. The van der Waals surface area contributed by atoms with Crippen LogP contribution in [0.1, 0.15) is 43.1 Å². The first-order valence-electron chi connectivity index (χ1n) is 7.11. The van der Waals surface area contributed by atoms with Gasteiger partial charge in [-0.1, -0.05) is 6.92 Å². The van der Waals surface area contributed by atoms with E-state index in [1.807, 2.05) is 32.2 Å². The Bertz CT molecular complexity index is 580. The molecule has 0 spiro atoms. The topological polar surface area (TPSA) is 50.7 Å². The summed E-state index contributed by atoms with van der Waals surface area (Å²) in [6.07, 6.45) is 4.83. The van der Waals surface area contributed by atoms with Crippen molar-refractivity contribution in [3.63, 3.8) is 0 Å². The highest BCUT2D eigenvalue weighted by molar-refractivity contribution is 5.50. The molecule has 0 bridgehead atoms. The summed E-state index contributed by atoms with van der Waals surface area (Å²) in [6.45, 7) is 9.38. The lowest BCUT2D eigenvalue weighted by Crippen LogP contribution is -2.20. The molecule has 106 valence electrons. The van der Waals surface area contributed by atoms with Gasteiger partial charge in [0.05, 0.1) is 0 Å². The Morgan fingerprint density at radius 3 is 2.70 bits per heavy atom. The number of pyridine rings is 1. The third-order valence-corrected chi connectivity index (χ3v) is 3.33. The maximum atomic E-state index is 4.60. The van der Waals surface area contributed by atoms with Crippen molar-refractivity contribution < 1.29 is 0 Å². The second-order valence-corrected chi connectivity index (χ2v) is 5.13. The van der Waals surface area contributed by atoms with Gasteiger partial charge in [0.2, 0.25) is 0 Å². The lowest BCUT2D eigenvalue weighted by atomic mass is 10.1. The quantitative estimate of drug-likeness (QED) is 0.906. The Labute approximate surface area is 120 Å². The predicted octanol–water partition coefficient (Wildman–Crippen LogP) is 3.22. The van der Waals surface area contributed by atoms with Crippen molar-refractivity contribution in [2.75, 3.05) is 6.54 Å². The highest BCUT2D eigenvalue weighted by Crippen LogP contribution is 2.19. The van der Waals surface area contributed by atoms with Crippen LogP contribution in [0.25, 0.3) is 11.5 Å². The van der Waals surface area contributed by atoms with Gasteiger partial charge in [-0.05, 0) is 51.4 Å². The zero-order valence-electron chi connectivity index (χ0n) is 12.6. The van der Waals surface area contributed by atoms with Crippen LogP contribution in [-0.2, 0) is 0 Å². The molecule has 1 atom stereocenters. The summed E-state index contributed by atoms with van der Waals surface area (Å²) in [5.74, 6) is 0.692. The van der Waals surface area contributed by atoms with Gasteiger partial charge < -0.3 is 5.32 Å². The first kappa shape index (κ1) is 14.6. The summed E-state index contributed by atoms with van der Waals surface area (Å²) in [5.41, 5.74) is 4.15. The van der Waals surface area contributed by atoms with Crippen molar-refractivity contribution in [2.24, 2.45) is 0 Å². The fourth-order valence-corrected chi connectivity index (χ4v) is 2.15. The second kappa shape index (κ2) is 6.57. The van der Waals surface area contributed by atoms with E-state index >= 15 is 0 Å². The minimum Gasteiger partial charge on any atom is -0.310 e. The Morgan fingerprint density at radius 1 is 1.25 bits per heavy atom. The summed E-state index contributed by atoms with van der Waals surface area (Å²) < 4.78 is 0. The zero-order valence-corrected chi connectivity index (χ0v) is 12.6. The number of nitrogens with one attached hydrogen (secondary N) is 1. The van der Waals surface area contributed by atoms with E-state index < -0.39 is 0 Å². The zero-order chi connectivity index (χ0) is 14.5. The van der Waals surface area contributed by atoms with Crippen LogP contribution in [0.5, 0.6) is 0 Å². The van der Waals surface area contributed by atoms with Crippen molar-refractivity contribution in [1.29, 1.82) is 0 Å². The molecule has 2 rings (SSSR count). The molecule has 1 N–H and O–H groups in total. The largest absolute Gasteiger partial charge is 0.310 e. The molecule has 1 unspecified atom stereocenters. The highest BCUT2D eigenvalue weighted by Gasteiger charge is 2.11. The number of hydrogen-bond acceptors (Lipinski definition) is 4. The molecule has 4 nitrogen and oxygen atoms in total. The molecule has 0 aliphatic heterocycles. The summed E-state index contributed by atoms with van der Waals surface area (Å²) in [4.78, 5) is 13.4. The van der Waals surface area contributed by atoms with Crippen LogP contribution in [0.15, 0.2) is 24.5 Å². The standard InChI is InChI=1S/C16H22N4/c1-5-7-17-12(3)14-10-19-16(20-13(14)4)15-9-11(2)6-8-18-15/h6,8-10,12,17H,5,7H2,1-4H3. The third-order valence-electron chi connectivity index (χ3n) is 3.33. The van der Waals surface area contributed by atoms with Crippen molar-refractivity contribution in [3.8, 4) is 11.5 Å². The van der Waals surface area contributed by atoms with E-state index in [0.717, 1.165) is 29.9 Å². The first-order valence-corrected chi connectivity index (χ1v) is 7.11. The highest BCUT2D eigenvalue weighted by atomic mass is 14.9. The van der Waals surface area contributed by atoms with Gasteiger partial charge in [0.1, 0.15) is 5.69 Å². The average Bonchev–Trinajstić information content (AvgIpc) is 2.44. The number of rotatable bonds is 5. The van der Waals surface area contributed by atoms with Gasteiger partial charge >= 0.3 is 0 Å². The molecule has 0 radical (unpaired) electrons. The maximum absolute atomic E-state index is 4.60. The maximum Gasteiger partial charge on any atom is 0.178 e. The minimum atomic E-state index is 0.273. The van der Waals surface area contributed by atoms with E-state index in [4.69, 9.17) is 0 Å². The Balaban J connectivity index is 2.25. The van der Waals surface area contributed by atoms with Gasteiger partial charge in [-0.25, -0.2) is 9.97 Å². The molecule has 2 aromatic heterocycles. The molecular formula is C16H22N4. The van der Waals surface area contributed by atoms with Crippen LogP contribution < -0.4 is 5.32 Å². The van der Waals surface area contributed by atoms with E-state index in [1.165, 1.54) is 5.56 Å². The molecule has 0 aromatic carbocycles. The van der Waals surface area contributed by atoms with Crippen molar-refractivity contribution >= 4 is 0 Å². The second-order valence-electron chi connectivity index (χ2n) is 5.13. The van der Waals surface area contributed by atoms with Gasteiger partial charge in [-0.2, -0.15) is 0 Å². The normalized spacial score (nSPS) is 12.4. The van der Waals surface area contributed by atoms with Crippen LogP contribution >= 0.6 is 0 Å². The molecule has 0 saturated carbocycles. The van der Waals surface area contributed by atoms with E-state index in [2.05, 4.69) is 34.1 Å². The monoisotopic (exact) mass is 270 g/mol. The molecule has 2 aromatic rings. The smallest absolute Gasteiger partial charge is 0.178 e. The van der Waals surface area contributed by atoms with Crippen LogP contribution in [0.3, 0.4) is 0 Å². The molecule has 0 fully saturated rings. The van der Waals surface area contributed by atoms with Crippen molar-refractivity contribution in [1.82, 2.24) is 20.3 Å². The molecule has 4 heteroatoms. The lowest BCUT2D eigenvalue weighted by Gasteiger charge is -2.15. The van der Waals surface area contributed by atoms with E-state index in [0.29, 0.717) is 5.82 Å². The molecular weight excluding hydrogens is 248 g/mol. The van der Waals surface area contributed by atoms with Gasteiger partial charge in [0, 0.05) is 29.7 Å². The third kappa shape index (κ3) is 3.39. The lowest BCUT2D eigenvalue weighted by molar-refractivity contribution is 0.564. The van der Waals surface area contributed by atoms with Crippen LogP contribution in [0.4, 0.5) is 0 Å². The van der Waals surface area contributed by atoms with E-state index in [9.17, 15) is 0 Å². The fourth-order valence-electron chi connectivity index (χ4n) is 2.15. The summed E-state index contributed by atoms with van der Waals surface area (Å²) in [7, 11) is 0. The first-order chi connectivity index (χ1) is 9.61. The molecule has 0 saturated heterocycles. The number of aryl methyl sites for hydroxylation is 2. The molecule has 0 aliphatic carbocycles. The fraction of sp³-hybridized carbons (Fsp3) is 0.438. The summed E-state index contributed by atoms with van der Waals surface area (Å²) in [6, 6.07) is 4.25. The van der Waals surface area contributed by atoms with Crippen LogP contribution in [-0.4, -0.2) is 21.5 Å². The van der Waals surface area contributed by atoms with Gasteiger partial charge in [0.15, 0.2) is 5.82 Å². The molecule has 20 heavy (non-hydrogen) atoms. The molecule has 0 amide bonds. The summed E-state index contributed by atoms with van der Waals surface area (Å²) >= 11 is 0. The number of aromatic nitrogens is 3. The number of nitrogens with zero attached hydrogens (tertiary/aromatic N) is 3. The van der Waals surface area contributed by atoms with Gasteiger partial charge in [-0.3, -0.25) is 4.98 Å². The van der Waals surface area contributed by atoms with Crippen molar-refractivity contribution in [2.45, 2.75) is 40.2 Å².